The van der Waals surface area contributed by atoms with Gasteiger partial charge in [-0.2, -0.15) is 0 Å². The topological polar surface area (TPSA) is 29.3 Å². The van der Waals surface area contributed by atoms with Crippen molar-refractivity contribution in [3.05, 3.63) is 35.4 Å². The molecule has 1 aromatic carbocycles. The normalized spacial score (nSPS) is 22.8. The molecular formula is C19H32N2. The Bertz CT molecular complexity index is 430. The maximum atomic E-state index is 6.13. The first kappa shape index (κ1) is 16.5. The molecule has 0 radical (unpaired) electrons. The molecule has 1 aliphatic heterocycles. The highest BCUT2D eigenvalue weighted by atomic mass is 15.2. The monoisotopic (exact) mass is 288 g/mol. The van der Waals surface area contributed by atoms with Crippen molar-refractivity contribution in [3.8, 4) is 0 Å². The number of benzene rings is 1. The summed E-state index contributed by atoms with van der Waals surface area (Å²) in [7, 11) is 0. The van der Waals surface area contributed by atoms with Crippen molar-refractivity contribution in [1.82, 2.24) is 4.90 Å². The molecule has 2 nitrogen and oxygen atoms in total. The summed E-state index contributed by atoms with van der Waals surface area (Å²) in [5, 5.41) is 0. The minimum atomic E-state index is 0.215. The molecule has 2 rings (SSSR count). The van der Waals surface area contributed by atoms with Crippen molar-refractivity contribution in [2.45, 2.75) is 70.9 Å². The summed E-state index contributed by atoms with van der Waals surface area (Å²) in [6.07, 6.45) is 5.33. The van der Waals surface area contributed by atoms with E-state index in [1.54, 1.807) is 0 Å². The van der Waals surface area contributed by atoms with Crippen LogP contribution in [0.1, 0.15) is 70.5 Å². The van der Waals surface area contributed by atoms with Gasteiger partial charge in [0.1, 0.15) is 0 Å². The van der Waals surface area contributed by atoms with E-state index < -0.39 is 0 Å². The molecular weight excluding hydrogens is 256 g/mol. The molecule has 1 aromatic rings. The van der Waals surface area contributed by atoms with Crippen LogP contribution in [0.3, 0.4) is 0 Å². The Balaban J connectivity index is 2.20. The number of rotatable bonds is 3. The zero-order valence-electron chi connectivity index (χ0n) is 14.2. The van der Waals surface area contributed by atoms with Crippen LogP contribution in [0.4, 0.5) is 0 Å². The third kappa shape index (κ3) is 4.08. The summed E-state index contributed by atoms with van der Waals surface area (Å²) in [4.78, 5) is 2.62. The van der Waals surface area contributed by atoms with Crippen LogP contribution < -0.4 is 5.73 Å². The molecule has 0 bridgehead atoms. The van der Waals surface area contributed by atoms with Crippen LogP contribution >= 0.6 is 0 Å². The largest absolute Gasteiger partial charge is 0.329 e. The molecule has 0 spiro atoms. The first-order valence-electron chi connectivity index (χ1n) is 8.49. The molecule has 2 heteroatoms. The Labute approximate surface area is 130 Å². The Hall–Kier alpha value is -0.860. The van der Waals surface area contributed by atoms with Crippen molar-refractivity contribution in [2.75, 3.05) is 13.1 Å². The summed E-state index contributed by atoms with van der Waals surface area (Å²) in [5.74, 6) is 0. The smallest absolute Gasteiger partial charge is 0.0473 e. The minimum Gasteiger partial charge on any atom is -0.329 e. The van der Waals surface area contributed by atoms with Gasteiger partial charge in [-0.15, -0.1) is 0 Å². The van der Waals surface area contributed by atoms with Gasteiger partial charge in [0.15, 0.2) is 0 Å². The number of hydrogen-bond acceptors (Lipinski definition) is 2. The van der Waals surface area contributed by atoms with Crippen molar-refractivity contribution in [3.63, 3.8) is 0 Å². The third-order valence-electron chi connectivity index (χ3n) is 4.89. The summed E-state index contributed by atoms with van der Waals surface area (Å²) < 4.78 is 0. The highest BCUT2D eigenvalue weighted by molar-refractivity contribution is 5.29. The van der Waals surface area contributed by atoms with Crippen molar-refractivity contribution < 1.29 is 0 Å². The zero-order valence-corrected chi connectivity index (χ0v) is 14.2. The minimum absolute atomic E-state index is 0.215. The lowest BCUT2D eigenvalue weighted by molar-refractivity contribution is 0.151. The standard InChI is InChI=1S/C19H32N2/c1-15-8-6-5-7-13-21(15)18(14-20)16-9-11-17(12-10-16)19(2,3)4/h9-12,15,18H,5-8,13-14,20H2,1-4H3. The Morgan fingerprint density at radius 2 is 1.81 bits per heavy atom. The average molecular weight is 288 g/mol. The van der Waals surface area contributed by atoms with Gasteiger partial charge in [0.05, 0.1) is 0 Å². The lowest BCUT2D eigenvalue weighted by atomic mass is 9.86. The van der Waals surface area contributed by atoms with Gasteiger partial charge in [-0.05, 0) is 42.9 Å². The van der Waals surface area contributed by atoms with E-state index in [-0.39, 0.29) is 5.41 Å². The van der Waals surface area contributed by atoms with Crippen LogP contribution in [0.5, 0.6) is 0 Å². The summed E-state index contributed by atoms with van der Waals surface area (Å²) in [6, 6.07) is 10.1. The first-order chi connectivity index (χ1) is 9.93. The summed E-state index contributed by atoms with van der Waals surface area (Å²) >= 11 is 0. The van der Waals surface area contributed by atoms with E-state index >= 15 is 0 Å². The fourth-order valence-corrected chi connectivity index (χ4v) is 3.43. The SMILES string of the molecule is CC1CCCCCN1C(CN)c1ccc(C(C)(C)C)cc1. The van der Waals surface area contributed by atoms with E-state index in [0.29, 0.717) is 18.6 Å². The molecule has 2 N–H and O–H groups in total. The van der Waals surface area contributed by atoms with Gasteiger partial charge in [-0.3, -0.25) is 4.90 Å². The van der Waals surface area contributed by atoms with Crippen LogP contribution in [0, 0.1) is 0 Å². The molecule has 1 saturated heterocycles. The molecule has 0 amide bonds. The molecule has 0 aromatic heterocycles. The van der Waals surface area contributed by atoms with Gasteiger partial charge >= 0.3 is 0 Å². The number of hydrogen-bond donors (Lipinski definition) is 1. The lowest BCUT2D eigenvalue weighted by Gasteiger charge is -2.35. The van der Waals surface area contributed by atoms with Gasteiger partial charge < -0.3 is 5.73 Å². The first-order valence-corrected chi connectivity index (χ1v) is 8.49. The van der Waals surface area contributed by atoms with Gasteiger partial charge in [0.25, 0.3) is 0 Å². The van der Waals surface area contributed by atoms with E-state index in [1.807, 2.05) is 0 Å². The van der Waals surface area contributed by atoms with Gasteiger partial charge in [-0.1, -0.05) is 57.9 Å². The number of nitrogens with two attached hydrogens (primary N) is 1. The fraction of sp³-hybridized carbons (Fsp3) is 0.684. The number of nitrogens with zero attached hydrogens (tertiary/aromatic N) is 1. The zero-order chi connectivity index (χ0) is 15.5. The summed E-state index contributed by atoms with van der Waals surface area (Å²) in [6.45, 7) is 11.0. The molecule has 1 fully saturated rings. The molecule has 2 unspecified atom stereocenters. The predicted molar refractivity (Wildman–Crippen MR) is 91.6 cm³/mol. The molecule has 21 heavy (non-hydrogen) atoms. The second-order valence-electron chi connectivity index (χ2n) is 7.56. The van der Waals surface area contributed by atoms with E-state index in [2.05, 4.69) is 56.9 Å². The van der Waals surface area contributed by atoms with Crippen LogP contribution in [0.25, 0.3) is 0 Å². The maximum Gasteiger partial charge on any atom is 0.0473 e. The van der Waals surface area contributed by atoms with Crippen molar-refractivity contribution in [1.29, 1.82) is 0 Å². The van der Waals surface area contributed by atoms with Gasteiger partial charge in [0.2, 0.25) is 0 Å². The Kier molecular flexibility index (Phi) is 5.45. The van der Waals surface area contributed by atoms with Crippen molar-refractivity contribution in [2.24, 2.45) is 5.73 Å². The van der Waals surface area contributed by atoms with Crippen LogP contribution in [0.2, 0.25) is 0 Å². The molecule has 2 atom stereocenters. The average Bonchev–Trinajstić information content (AvgIpc) is 2.65. The third-order valence-corrected chi connectivity index (χ3v) is 4.89. The molecule has 1 aliphatic rings. The van der Waals surface area contributed by atoms with Crippen LogP contribution in [-0.4, -0.2) is 24.0 Å². The van der Waals surface area contributed by atoms with E-state index in [1.165, 1.54) is 43.4 Å². The number of likely N-dealkylation sites (tertiary alicyclic amines) is 1. The predicted octanol–water partition coefficient (Wildman–Crippen LogP) is 4.25. The quantitative estimate of drug-likeness (QED) is 0.901. The molecule has 1 heterocycles. The molecule has 0 aliphatic carbocycles. The Morgan fingerprint density at radius 1 is 1.14 bits per heavy atom. The van der Waals surface area contributed by atoms with Crippen molar-refractivity contribution >= 4 is 0 Å². The highest BCUT2D eigenvalue weighted by Gasteiger charge is 2.25. The Morgan fingerprint density at radius 3 is 2.38 bits per heavy atom. The highest BCUT2D eigenvalue weighted by Crippen LogP contribution is 2.29. The fourth-order valence-electron chi connectivity index (χ4n) is 3.43. The molecule has 0 saturated carbocycles. The van der Waals surface area contributed by atoms with Crippen LogP contribution in [0.15, 0.2) is 24.3 Å². The van der Waals surface area contributed by atoms with Crippen LogP contribution in [-0.2, 0) is 5.41 Å². The second kappa shape index (κ2) is 6.93. The second-order valence-corrected chi connectivity index (χ2v) is 7.56. The lowest BCUT2D eigenvalue weighted by Crippen LogP contribution is -2.39. The van der Waals surface area contributed by atoms with E-state index in [9.17, 15) is 0 Å². The summed E-state index contributed by atoms with van der Waals surface area (Å²) in [5.41, 5.74) is 9.11. The maximum absolute atomic E-state index is 6.13. The van der Waals surface area contributed by atoms with Gasteiger partial charge in [0, 0.05) is 18.6 Å². The van der Waals surface area contributed by atoms with Gasteiger partial charge in [-0.25, -0.2) is 0 Å². The van der Waals surface area contributed by atoms with E-state index in [0.717, 1.165) is 0 Å². The van der Waals surface area contributed by atoms with E-state index in [4.69, 9.17) is 5.73 Å². The molecule has 118 valence electrons.